The number of hydroxylamine groups is 1. The van der Waals surface area contributed by atoms with Gasteiger partial charge in [0.1, 0.15) is 0 Å². The number of aromatic nitrogens is 2. The van der Waals surface area contributed by atoms with Crippen LogP contribution in [0.25, 0.3) is 0 Å². The van der Waals surface area contributed by atoms with E-state index in [9.17, 15) is 4.79 Å². The largest absolute Gasteiger partial charge is 0.296 e. The van der Waals surface area contributed by atoms with Gasteiger partial charge in [-0.1, -0.05) is 24.3 Å². The van der Waals surface area contributed by atoms with Crippen molar-refractivity contribution in [2.75, 3.05) is 13.1 Å². The minimum absolute atomic E-state index is 0.301. The van der Waals surface area contributed by atoms with Crippen molar-refractivity contribution in [3.05, 3.63) is 52.3 Å². The van der Waals surface area contributed by atoms with Crippen molar-refractivity contribution in [2.45, 2.75) is 52.0 Å². The number of aryl methyl sites for hydroxylation is 3. The smallest absolute Gasteiger partial charge is 0.243 e. The van der Waals surface area contributed by atoms with E-state index in [0.29, 0.717) is 18.9 Å². The van der Waals surface area contributed by atoms with E-state index in [4.69, 9.17) is 5.21 Å². The molecule has 1 aliphatic heterocycles. The van der Waals surface area contributed by atoms with Crippen molar-refractivity contribution >= 4 is 5.91 Å². The van der Waals surface area contributed by atoms with E-state index in [1.165, 1.54) is 29.7 Å². The maximum Gasteiger partial charge on any atom is 0.243 e. The summed E-state index contributed by atoms with van der Waals surface area (Å²) in [5.74, 6) is -0.345. The molecule has 0 saturated carbocycles. The summed E-state index contributed by atoms with van der Waals surface area (Å²) in [6, 6.07) is 9.06. The Balaban J connectivity index is 1.61. The Morgan fingerprint density at radius 1 is 1.26 bits per heavy atom. The Morgan fingerprint density at radius 3 is 2.63 bits per heavy atom. The highest BCUT2D eigenvalue weighted by Crippen LogP contribution is 2.32. The van der Waals surface area contributed by atoms with E-state index < -0.39 is 0 Å². The number of carbonyl (C=O) groups is 1. The highest BCUT2D eigenvalue weighted by Gasteiger charge is 2.26. The second kappa shape index (κ2) is 8.67. The predicted molar refractivity (Wildman–Crippen MR) is 105 cm³/mol. The molecule has 0 radical (unpaired) electrons. The van der Waals surface area contributed by atoms with Crippen LogP contribution in [0.3, 0.4) is 0 Å². The van der Waals surface area contributed by atoms with Crippen molar-refractivity contribution in [1.82, 2.24) is 20.2 Å². The van der Waals surface area contributed by atoms with Gasteiger partial charge in [0.2, 0.25) is 5.91 Å². The van der Waals surface area contributed by atoms with Gasteiger partial charge in [-0.15, -0.1) is 0 Å². The number of likely N-dealkylation sites (tertiary alicyclic amines) is 1. The molecule has 3 rings (SSSR count). The Hall–Kier alpha value is -2.18. The van der Waals surface area contributed by atoms with Crippen LogP contribution in [-0.4, -0.2) is 38.9 Å². The van der Waals surface area contributed by atoms with Crippen molar-refractivity contribution < 1.29 is 10.0 Å². The quantitative estimate of drug-likeness (QED) is 0.581. The van der Waals surface area contributed by atoms with Crippen LogP contribution in [-0.2, 0) is 24.7 Å². The molecule has 6 nitrogen and oxygen atoms in total. The molecule has 1 aliphatic rings. The Bertz CT molecular complexity index is 782. The van der Waals surface area contributed by atoms with Gasteiger partial charge in [-0.25, -0.2) is 5.48 Å². The molecule has 1 aromatic carbocycles. The summed E-state index contributed by atoms with van der Waals surface area (Å²) in [5.41, 5.74) is 7.93. The first-order valence-electron chi connectivity index (χ1n) is 9.74. The van der Waals surface area contributed by atoms with Crippen LogP contribution in [0.15, 0.2) is 24.3 Å². The monoisotopic (exact) mass is 370 g/mol. The first-order valence-corrected chi connectivity index (χ1v) is 9.74. The Morgan fingerprint density at radius 2 is 2.00 bits per heavy atom. The lowest BCUT2D eigenvalue weighted by atomic mass is 10.0. The Kier molecular flexibility index (Phi) is 6.29. The summed E-state index contributed by atoms with van der Waals surface area (Å²) in [4.78, 5) is 13.8. The molecule has 1 aromatic heterocycles. The second-order valence-electron chi connectivity index (χ2n) is 7.49. The third-order valence-corrected chi connectivity index (χ3v) is 5.80. The lowest BCUT2D eigenvalue weighted by Crippen LogP contribution is -2.26. The summed E-state index contributed by atoms with van der Waals surface area (Å²) in [7, 11) is 2.01. The Labute approximate surface area is 161 Å². The minimum Gasteiger partial charge on any atom is -0.296 e. The van der Waals surface area contributed by atoms with Gasteiger partial charge in [-0.3, -0.25) is 19.6 Å². The molecule has 146 valence electrons. The summed E-state index contributed by atoms with van der Waals surface area (Å²) in [6.45, 7) is 6.43. The fourth-order valence-electron chi connectivity index (χ4n) is 4.13. The molecular weight excluding hydrogens is 340 g/mol. The molecule has 2 N–H and O–H groups in total. The van der Waals surface area contributed by atoms with Crippen LogP contribution in [0.5, 0.6) is 0 Å². The van der Waals surface area contributed by atoms with E-state index in [1.54, 1.807) is 5.48 Å². The molecule has 0 aliphatic carbocycles. The summed E-state index contributed by atoms with van der Waals surface area (Å²) >= 11 is 0. The number of benzene rings is 1. The SMILES string of the molecule is Cc1nn(C)c(C)c1CCN1CCC[C@H]1c1ccc(CCC(=O)NO)cc1. The lowest BCUT2D eigenvalue weighted by molar-refractivity contribution is -0.129. The lowest BCUT2D eigenvalue weighted by Gasteiger charge is -2.25. The second-order valence-corrected chi connectivity index (χ2v) is 7.49. The molecule has 2 heterocycles. The topological polar surface area (TPSA) is 70.4 Å². The third kappa shape index (κ3) is 4.57. The van der Waals surface area contributed by atoms with E-state index in [-0.39, 0.29) is 5.91 Å². The average Bonchev–Trinajstić information content (AvgIpc) is 3.23. The number of nitrogens with one attached hydrogen (secondary N) is 1. The van der Waals surface area contributed by atoms with E-state index >= 15 is 0 Å². The van der Waals surface area contributed by atoms with Crippen LogP contribution in [0.4, 0.5) is 0 Å². The molecule has 0 unspecified atom stereocenters. The highest BCUT2D eigenvalue weighted by atomic mass is 16.5. The van der Waals surface area contributed by atoms with Crippen molar-refractivity contribution in [3.8, 4) is 0 Å². The van der Waals surface area contributed by atoms with Crippen molar-refractivity contribution in [3.63, 3.8) is 0 Å². The maximum absolute atomic E-state index is 11.2. The predicted octanol–water partition coefficient (Wildman–Crippen LogP) is 2.85. The van der Waals surface area contributed by atoms with E-state index in [1.807, 2.05) is 11.7 Å². The molecule has 27 heavy (non-hydrogen) atoms. The maximum atomic E-state index is 11.2. The molecule has 1 amide bonds. The molecule has 0 spiro atoms. The fraction of sp³-hybridized carbons (Fsp3) is 0.524. The first-order chi connectivity index (χ1) is 13.0. The number of hydrogen-bond acceptors (Lipinski definition) is 4. The normalized spacial score (nSPS) is 17.4. The number of nitrogens with zero attached hydrogens (tertiary/aromatic N) is 3. The number of amides is 1. The van der Waals surface area contributed by atoms with E-state index in [2.05, 4.69) is 48.1 Å². The molecule has 1 fully saturated rings. The number of rotatable bonds is 7. The minimum atomic E-state index is -0.345. The van der Waals surface area contributed by atoms with Gasteiger partial charge in [0.15, 0.2) is 0 Å². The third-order valence-electron chi connectivity index (χ3n) is 5.80. The van der Waals surface area contributed by atoms with Gasteiger partial charge in [0, 0.05) is 31.7 Å². The van der Waals surface area contributed by atoms with Gasteiger partial charge >= 0.3 is 0 Å². The zero-order valence-electron chi connectivity index (χ0n) is 16.5. The standard InChI is InChI=1S/C21H30N4O2/c1-15-19(16(2)24(3)22-15)12-14-25-13-4-5-20(25)18-9-6-17(7-10-18)8-11-21(26)23-27/h6-7,9-10,20,27H,4-5,8,11-14H2,1-3H3,(H,23,26)/t20-/m0/s1. The van der Waals surface area contributed by atoms with Crippen molar-refractivity contribution in [2.24, 2.45) is 7.05 Å². The number of carbonyl (C=O) groups excluding carboxylic acids is 1. The average molecular weight is 370 g/mol. The van der Waals surface area contributed by atoms with Crippen LogP contribution < -0.4 is 5.48 Å². The first kappa shape index (κ1) is 19.6. The zero-order valence-corrected chi connectivity index (χ0v) is 16.5. The molecule has 1 saturated heterocycles. The van der Waals surface area contributed by atoms with Crippen LogP contribution in [0.1, 0.15) is 53.4 Å². The summed E-state index contributed by atoms with van der Waals surface area (Å²) < 4.78 is 1.97. The van der Waals surface area contributed by atoms with Gasteiger partial charge < -0.3 is 0 Å². The highest BCUT2D eigenvalue weighted by molar-refractivity contribution is 5.74. The van der Waals surface area contributed by atoms with E-state index in [0.717, 1.165) is 30.8 Å². The number of hydrogen-bond donors (Lipinski definition) is 2. The van der Waals surface area contributed by atoms with Gasteiger partial charge in [-0.2, -0.15) is 5.10 Å². The van der Waals surface area contributed by atoms with Crippen LogP contribution in [0, 0.1) is 13.8 Å². The zero-order chi connectivity index (χ0) is 19.4. The van der Waals surface area contributed by atoms with Crippen LogP contribution >= 0.6 is 0 Å². The molecule has 0 bridgehead atoms. The van der Waals surface area contributed by atoms with Gasteiger partial charge in [0.25, 0.3) is 0 Å². The molecule has 2 aromatic rings. The van der Waals surface area contributed by atoms with Gasteiger partial charge in [-0.05, 0) is 62.8 Å². The van der Waals surface area contributed by atoms with Gasteiger partial charge in [0.05, 0.1) is 5.69 Å². The summed E-state index contributed by atoms with van der Waals surface area (Å²) in [5, 5.41) is 13.1. The van der Waals surface area contributed by atoms with Crippen molar-refractivity contribution in [1.29, 1.82) is 0 Å². The van der Waals surface area contributed by atoms with Crippen LogP contribution in [0.2, 0.25) is 0 Å². The summed E-state index contributed by atoms with van der Waals surface area (Å²) in [6.07, 6.45) is 4.40. The molecule has 6 heteroatoms. The fourth-order valence-corrected chi connectivity index (χ4v) is 4.13. The molecule has 1 atom stereocenters. The molecular formula is C21H30N4O2.